The molecule has 0 bridgehead atoms. The van der Waals surface area contributed by atoms with Crippen molar-refractivity contribution < 1.29 is 9.53 Å². The van der Waals surface area contributed by atoms with E-state index in [0.717, 1.165) is 62.7 Å². The van der Waals surface area contributed by atoms with E-state index in [4.69, 9.17) is 4.74 Å². The van der Waals surface area contributed by atoms with Gasteiger partial charge in [0.05, 0.1) is 6.61 Å². The van der Waals surface area contributed by atoms with E-state index in [1.807, 2.05) is 36.4 Å². The number of nitrogens with one attached hydrogen (secondary N) is 3. The molecule has 0 fully saturated rings. The van der Waals surface area contributed by atoms with Crippen LogP contribution in [-0.2, 0) is 12.8 Å². The predicted molar refractivity (Wildman–Crippen MR) is 123 cm³/mol. The fraction of sp³-hybridized carbons (Fsp3) is 0.417. The van der Waals surface area contributed by atoms with Gasteiger partial charge in [0.15, 0.2) is 5.96 Å². The third-order valence-electron chi connectivity index (χ3n) is 4.74. The minimum Gasteiger partial charge on any atom is -0.494 e. The highest BCUT2D eigenvalue weighted by Crippen LogP contribution is 2.13. The lowest BCUT2D eigenvalue weighted by Gasteiger charge is -2.12. The van der Waals surface area contributed by atoms with Gasteiger partial charge in [-0.2, -0.15) is 0 Å². The lowest BCUT2D eigenvalue weighted by atomic mass is 10.1. The molecule has 0 saturated carbocycles. The number of nitrogens with zero attached hydrogens (tertiary/aromatic N) is 1. The maximum Gasteiger partial charge on any atom is 0.251 e. The third kappa shape index (κ3) is 8.15. The molecule has 2 aromatic rings. The molecule has 0 aliphatic rings. The molecule has 162 valence electrons. The number of ether oxygens (including phenoxy) is 1. The van der Waals surface area contributed by atoms with Crippen molar-refractivity contribution in [1.82, 2.24) is 16.0 Å². The molecule has 2 aromatic carbocycles. The van der Waals surface area contributed by atoms with Gasteiger partial charge in [0.25, 0.3) is 5.91 Å². The molecule has 0 unspecified atom stereocenters. The van der Waals surface area contributed by atoms with Gasteiger partial charge in [0.1, 0.15) is 5.75 Å². The number of amides is 1. The van der Waals surface area contributed by atoms with Crippen molar-refractivity contribution in [3.8, 4) is 5.75 Å². The summed E-state index contributed by atoms with van der Waals surface area (Å²) in [5.74, 6) is 1.64. The van der Waals surface area contributed by atoms with E-state index < -0.39 is 0 Å². The molecule has 0 radical (unpaired) electrons. The maximum absolute atomic E-state index is 11.7. The Labute approximate surface area is 180 Å². The summed E-state index contributed by atoms with van der Waals surface area (Å²) < 4.78 is 5.70. The Morgan fingerprint density at radius 3 is 2.33 bits per heavy atom. The van der Waals surface area contributed by atoms with E-state index in [9.17, 15) is 4.79 Å². The molecular formula is C24H34N4O2. The van der Waals surface area contributed by atoms with Crippen molar-refractivity contribution in [1.29, 1.82) is 0 Å². The highest BCUT2D eigenvalue weighted by atomic mass is 16.5. The summed E-state index contributed by atoms with van der Waals surface area (Å²) in [7, 11) is 3.41. The smallest absolute Gasteiger partial charge is 0.251 e. The first-order chi connectivity index (χ1) is 14.7. The quantitative estimate of drug-likeness (QED) is 0.302. The van der Waals surface area contributed by atoms with E-state index in [-0.39, 0.29) is 5.91 Å². The number of carbonyl (C=O) groups excluding carboxylic acids is 1. The van der Waals surface area contributed by atoms with E-state index in [2.05, 4.69) is 40.0 Å². The van der Waals surface area contributed by atoms with Gasteiger partial charge in [0, 0.05) is 32.7 Å². The van der Waals surface area contributed by atoms with Gasteiger partial charge in [-0.1, -0.05) is 37.6 Å². The summed E-state index contributed by atoms with van der Waals surface area (Å²) in [6, 6.07) is 16.0. The first kappa shape index (κ1) is 23.3. The van der Waals surface area contributed by atoms with E-state index in [0.29, 0.717) is 5.56 Å². The lowest BCUT2D eigenvalue weighted by molar-refractivity contribution is 0.0963. The zero-order valence-electron chi connectivity index (χ0n) is 18.3. The Morgan fingerprint density at radius 1 is 1.00 bits per heavy atom. The van der Waals surface area contributed by atoms with Crippen LogP contribution >= 0.6 is 0 Å². The Kier molecular flexibility index (Phi) is 10.3. The first-order valence-corrected chi connectivity index (χ1v) is 10.6. The molecule has 0 aliphatic heterocycles. The number of carbonyl (C=O) groups is 1. The van der Waals surface area contributed by atoms with E-state index in [1.54, 1.807) is 14.1 Å². The van der Waals surface area contributed by atoms with Gasteiger partial charge in [-0.15, -0.1) is 0 Å². The summed E-state index contributed by atoms with van der Waals surface area (Å²) >= 11 is 0. The van der Waals surface area contributed by atoms with Crippen LogP contribution in [0.2, 0.25) is 0 Å². The third-order valence-corrected chi connectivity index (χ3v) is 4.74. The second kappa shape index (κ2) is 13.2. The summed E-state index contributed by atoms with van der Waals surface area (Å²) in [4.78, 5) is 16.0. The Morgan fingerprint density at radius 2 is 1.70 bits per heavy atom. The summed E-state index contributed by atoms with van der Waals surface area (Å²) in [6.07, 6.45) is 3.94. The number of hydrogen-bond acceptors (Lipinski definition) is 3. The van der Waals surface area contributed by atoms with Crippen molar-refractivity contribution in [2.24, 2.45) is 4.99 Å². The average Bonchev–Trinajstić information content (AvgIpc) is 2.79. The zero-order valence-corrected chi connectivity index (χ0v) is 18.3. The van der Waals surface area contributed by atoms with Gasteiger partial charge < -0.3 is 20.7 Å². The standard InChI is InChI=1S/C24H34N4O2/c1-4-5-17-30-22-11-9-19(10-12-22)13-15-27-24(26-3)28-16-14-20-7-6-8-21(18-20)23(29)25-2/h6-12,18H,4-5,13-17H2,1-3H3,(H,25,29)(H2,26,27,28). The number of guanidine groups is 1. The number of unbranched alkanes of at least 4 members (excludes halogenated alkanes) is 1. The second-order valence-electron chi connectivity index (χ2n) is 7.05. The van der Waals surface area contributed by atoms with Crippen molar-refractivity contribution >= 4 is 11.9 Å². The van der Waals surface area contributed by atoms with Crippen LogP contribution in [0.5, 0.6) is 5.75 Å². The van der Waals surface area contributed by atoms with Crippen molar-refractivity contribution in [3.63, 3.8) is 0 Å². The van der Waals surface area contributed by atoms with Crippen LogP contribution in [-0.4, -0.2) is 45.7 Å². The van der Waals surface area contributed by atoms with Crippen molar-refractivity contribution in [2.45, 2.75) is 32.6 Å². The monoisotopic (exact) mass is 410 g/mol. The van der Waals surface area contributed by atoms with Gasteiger partial charge in [-0.25, -0.2) is 0 Å². The summed E-state index contributed by atoms with van der Waals surface area (Å²) in [6.45, 7) is 4.46. The summed E-state index contributed by atoms with van der Waals surface area (Å²) in [5, 5.41) is 9.32. The molecule has 0 atom stereocenters. The topological polar surface area (TPSA) is 74.8 Å². The van der Waals surface area contributed by atoms with Gasteiger partial charge in [0.2, 0.25) is 0 Å². The largest absolute Gasteiger partial charge is 0.494 e. The molecule has 0 saturated heterocycles. The van der Waals surface area contributed by atoms with Crippen LogP contribution in [0.3, 0.4) is 0 Å². The number of aliphatic imine (C=N–C) groups is 1. The SMILES string of the molecule is CCCCOc1ccc(CCNC(=NC)NCCc2cccc(C(=O)NC)c2)cc1. The fourth-order valence-corrected chi connectivity index (χ4v) is 2.97. The minimum absolute atomic E-state index is 0.0668. The molecule has 30 heavy (non-hydrogen) atoms. The molecule has 6 heteroatoms. The first-order valence-electron chi connectivity index (χ1n) is 10.6. The second-order valence-corrected chi connectivity index (χ2v) is 7.05. The Hall–Kier alpha value is -3.02. The molecule has 6 nitrogen and oxygen atoms in total. The molecule has 2 rings (SSSR count). The predicted octanol–water partition coefficient (Wildman–Crippen LogP) is 3.18. The molecule has 3 N–H and O–H groups in total. The maximum atomic E-state index is 11.7. The number of rotatable bonds is 11. The molecule has 0 aromatic heterocycles. The molecule has 0 aliphatic carbocycles. The lowest BCUT2D eigenvalue weighted by Crippen LogP contribution is -2.39. The van der Waals surface area contributed by atoms with Gasteiger partial charge >= 0.3 is 0 Å². The number of benzene rings is 2. The fourth-order valence-electron chi connectivity index (χ4n) is 2.97. The van der Waals surface area contributed by atoms with Crippen LogP contribution in [0.4, 0.5) is 0 Å². The normalized spacial score (nSPS) is 11.1. The van der Waals surface area contributed by atoms with Gasteiger partial charge in [-0.3, -0.25) is 9.79 Å². The Balaban J connectivity index is 1.70. The average molecular weight is 411 g/mol. The molecule has 1 amide bonds. The van der Waals surface area contributed by atoms with Crippen molar-refractivity contribution in [3.05, 3.63) is 65.2 Å². The zero-order chi connectivity index (χ0) is 21.6. The highest BCUT2D eigenvalue weighted by molar-refractivity contribution is 5.94. The van der Waals surface area contributed by atoms with Crippen LogP contribution in [0.25, 0.3) is 0 Å². The number of hydrogen-bond donors (Lipinski definition) is 3. The minimum atomic E-state index is -0.0668. The van der Waals surface area contributed by atoms with Crippen LogP contribution in [0.1, 0.15) is 41.3 Å². The van der Waals surface area contributed by atoms with Crippen molar-refractivity contribution in [2.75, 3.05) is 33.8 Å². The van der Waals surface area contributed by atoms with E-state index >= 15 is 0 Å². The van der Waals surface area contributed by atoms with Crippen LogP contribution in [0.15, 0.2) is 53.5 Å². The van der Waals surface area contributed by atoms with E-state index in [1.165, 1.54) is 5.56 Å². The highest BCUT2D eigenvalue weighted by Gasteiger charge is 2.04. The molecular weight excluding hydrogens is 376 g/mol. The van der Waals surface area contributed by atoms with Crippen LogP contribution < -0.4 is 20.7 Å². The molecule has 0 spiro atoms. The molecule has 0 heterocycles. The van der Waals surface area contributed by atoms with Crippen LogP contribution in [0, 0.1) is 0 Å². The Bertz CT molecular complexity index is 803. The van der Waals surface area contributed by atoms with Gasteiger partial charge in [-0.05, 0) is 54.7 Å². The summed E-state index contributed by atoms with van der Waals surface area (Å²) in [5.41, 5.74) is 3.05.